The van der Waals surface area contributed by atoms with Crippen LogP contribution in [0.5, 0.6) is 0 Å². The second kappa shape index (κ2) is 5.44. The normalized spacial score (nSPS) is 12.1. The zero-order valence-corrected chi connectivity index (χ0v) is 9.69. The van der Waals surface area contributed by atoms with Crippen molar-refractivity contribution < 1.29 is 8.78 Å². The van der Waals surface area contributed by atoms with Crippen LogP contribution in [0, 0.1) is 0 Å². The van der Waals surface area contributed by atoms with E-state index in [-0.39, 0.29) is 17.3 Å². The molecule has 0 radical (unpaired) electrons. The Morgan fingerprint density at radius 1 is 1.47 bits per heavy atom. The van der Waals surface area contributed by atoms with Crippen LogP contribution in [0.1, 0.15) is 5.82 Å². The number of nitrogens with zero attached hydrogens (tertiary/aromatic N) is 3. The molecule has 2 aromatic heterocycles. The average Bonchev–Trinajstić information content (AvgIpc) is 2.84. The maximum Gasteiger partial charge on any atom is 0.255 e. The average molecular weight is 270 g/mol. The van der Waals surface area contributed by atoms with Gasteiger partial charge in [-0.1, -0.05) is 0 Å². The van der Waals surface area contributed by atoms with E-state index in [1.54, 1.807) is 0 Å². The van der Waals surface area contributed by atoms with Gasteiger partial charge in [-0.25, -0.2) is 23.7 Å². The van der Waals surface area contributed by atoms with Crippen molar-refractivity contribution in [3.8, 4) is 0 Å². The van der Waals surface area contributed by atoms with Crippen LogP contribution in [0.3, 0.4) is 0 Å². The van der Waals surface area contributed by atoms with Gasteiger partial charge in [0.1, 0.15) is 5.52 Å². The van der Waals surface area contributed by atoms with E-state index >= 15 is 0 Å². The van der Waals surface area contributed by atoms with Crippen molar-refractivity contribution in [2.45, 2.75) is 6.43 Å². The first-order valence-electron chi connectivity index (χ1n) is 5.27. The Morgan fingerprint density at radius 2 is 2.26 bits per heavy atom. The van der Waals surface area contributed by atoms with Crippen molar-refractivity contribution in [3.63, 3.8) is 0 Å². The zero-order chi connectivity index (χ0) is 13.8. The van der Waals surface area contributed by atoms with Crippen LogP contribution in [0.4, 0.5) is 14.6 Å². The van der Waals surface area contributed by atoms with E-state index in [0.717, 1.165) is 0 Å². The van der Waals surface area contributed by atoms with Crippen molar-refractivity contribution in [1.29, 1.82) is 0 Å². The maximum atomic E-state index is 12.2. The van der Waals surface area contributed by atoms with Gasteiger partial charge in [0, 0.05) is 6.20 Å². The number of hydrogen-bond donors (Lipinski definition) is 5. The number of anilines is 1. The summed E-state index contributed by atoms with van der Waals surface area (Å²) in [4.78, 5) is 14.8. The fourth-order valence-electron chi connectivity index (χ4n) is 1.42. The number of alkyl halides is 2. The molecule has 0 saturated carbocycles. The molecule has 10 heteroatoms. The van der Waals surface area contributed by atoms with Gasteiger partial charge in [-0.3, -0.25) is 5.84 Å². The number of aromatic nitrogens is 4. The Morgan fingerprint density at radius 3 is 2.95 bits per heavy atom. The minimum Gasteiger partial charge on any atom is -0.394 e. The minimum absolute atomic E-state index is 0.145. The monoisotopic (exact) mass is 270 g/mol. The van der Waals surface area contributed by atoms with Gasteiger partial charge < -0.3 is 21.5 Å². The maximum absolute atomic E-state index is 12.2. The number of nitrogens with one attached hydrogen (secondary N) is 3. The predicted octanol–water partition coefficient (Wildman–Crippen LogP) is -0.250. The lowest BCUT2D eigenvalue weighted by Gasteiger charge is -2.07. The number of fused-ring (bicyclic) bond motifs is 1. The molecule has 0 saturated heterocycles. The van der Waals surface area contributed by atoms with Gasteiger partial charge in [-0.2, -0.15) is 0 Å². The molecule has 0 aliphatic heterocycles. The summed E-state index contributed by atoms with van der Waals surface area (Å²) in [5, 5.41) is 2.49. The molecule has 0 aliphatic carbocycles. The molecule has 0 aromatic carbocycles. The molecule has 19 heavy (non-hydrogen) atoms. The van der Waals surface area contributed by atoms with Crippen molar-refractivity contribution in [2.75, 3.05) is 11.9 Å². The molecule has 0 unspecified atom stereocenters. The van der Waals surface area contributed by atoms with Gasteiger partial charge in [-0.15, -0.1) is 0 Å². The van der Waals surface area contributed by atoms with Crippen molar-refractivity contribution in [3.05, 3.63) is 18.4 Å². The summed E-state index contributed by atoms with van der Waals surface area (Å²) in [6.45, 7) is -0.544. The van der Waals surface area contributed by atoms with Gasteiger partial charge >= 0.3 is 0 Å². The third-order valence-corrected chi connectivity index (χ3v) is 2.20. The second-order valence-electron chi connectivity index (χ2n) is 3.53. The van der Waals surface area contributed by atoms with E-state index < -0.39 is 13.0 Å². The number of H-pyrrole nitrogens is 1. The molecular formula is C9H12F2N8. The van der Waals surface area contributed by atoms with Crippen molar-refractivity contribution >= 4 is 22.7 Å². The fraction of sp³-hybridized carbons (Fsp3) is 0.222. The zero-order valence-electron chi connectivity index (χ0n) is 9.69. The molecule has 102 valence electrons. The van der Waals surface area contributed by atoms with E-state index in [9.17, 15) is 8.78 Å². The summed E-state index contributed by atoms with van der Waals surface area (Å²) < 4.78 is 24.5. The molecular weight excluding hydrogens is 258 g/mol. The van der Waals surface area contributed by atoms with Gasteiger partial charge in [0.2, 0.25) is 0 Å². The quantitative estimate of drug-likeness (QED) is 0.374. The number of halogens is 2. The van der Waals surface area contributed by atoms with E-state index in [2.05, 4.69) is 30.7 Å². The topological polar surface area (TPSA) is 131 Å². The number of imidazole rings is 1. The Labute approximate surface area is 106 Å². The van der Waals surface area contributed by atoms with Crippen molar-refractivity contribution in [1.82, 2.24) is 25.4 Å². The van der Waals surface area contributed by atoms with E-state index in [0.29, 0.717) is 11.2 Å². The molecule has 7 N–H and O–H groups in total. The Hall–Kier alpha value is -2.49. The van der Waals surface area contributed by atoms with Crippen LogP contribution in [-0.4, -0.2) is 32.9 Å². The summed E-state index contributed by atoms with van der Waals surface area (Å²) in [5.74, 6) is 5.42. The molecule has 0 atom stereocenters. The number of hydrazine groups is 1. The first-order valence-corrected chi connectivity index (χ1v) is 5.27. The van der Waals surface area contributed by atoms with Gasteiger partial charge in [0.25, 0.3) is 6.43 Å². The second-order valence-corrected chi connectivity index (χ2v) is 3.53. The lowest BCUT2D eigenvalue weighted by atomic mass is 10.4. The molecule has 0 amide bonds. The minimum atomic E-state index is -2.51. The van der Waals surface area contributed by atoms with E-state index in [4.69, 9.17) is 11.6 Å². The first kappa shape index (κ1) is 13.0. The standard InChI is InChI=1S/C9H12F2N8/c10-5(11)2-14-8-6-9(16-3-15-6)19-7(18-8)4(12)1-17-13/h1,3,5,17H,2,12-13H2,(H2,14,15,16,18,19)/b4-1-. The first-order chi connectivity index (χ1) is 9.11. The van der Waals surface area contributed by atoms with Gasteiger partial charge in [0.15, 0.2) is 17.3 Å². The third kappa shape index (κ3) is 2.85. The highest BCUT2D eigenvalue weighted by molar-refractivity contribution is 5.83. The van der Waals surface area contributed by atoms with Gasteiger partial charge in [0.05, 0.1) is 18.6 Å². The highest BCUT2D eigenvalue weighted by Crippen LogP contribution is 2.18. The van der Waals surface area contributed by atoms with Gasteiger partial charge in [-0.05, 0) is 0 Å². The smallest absolute Gasteiger partial charge is 0.255 e. The van der Waals surface area contributed by atoms with Crippen LogP contribution in [-0.2, 0) is 0 Å². The van der Waals surface area contributed by atoms with E-state index in [1.807, 2.05) is 0 Å². The Kier molecular flexibility index (Phi) is 3.71. The molecule has 0 aliphatic rings. The lowest BCUT2D eigenvalue weighted by molar-refractivity contribution is 0.163. The van der Waals surface area contributed by atoms with Crippen LogP contribution in [0.15, 0.2) is 12.5 Å². The van der Waals surface area contributed by atoms with Crippen LogP contribution in [0.25, 0.3) is 16.9 Å². The van der Waals surface area contributed by atoms with Crippen LogP contribution < -0.4 is 22.3 Å². The molecule has 0 bridgehead atoms. The molecule has 2 rings (SSSR count). The number of aromatic amines is 1. The summed E-state index contributed by atoms with van der Waals surface area (Å²) in [7, 11) is 0. The summed E-state index contributed by atoms with van der Waals surface area (Å²) >= 11 is 0. The number of rotatable bonds is 5. The summed E-state index contributed by atoms with van der Waals surface area (Å²) in [6, 6.07) is 0. The summed E-state index contributed by atoms with van der Waals surface area (Å²) in [6.07, 6.45) is 0.164. The Balaban J connectivity index is 2.42. The largest absolute Gasteiger partial charge is 0.394 e. The van der Waals surface area contributed by atoms with Crippen LogP contribution >= 0.6 is 0 Å². The Bertz CT molecular complexity index is 593. The third-order valence-electron chi connectivity index (χ3n) is 2.20. The number of hydrogen-bond acceptors (Lipinski definition) is 7. The molecule has 2 heterocycles. The fourth-order valence-corrected chi connectivity index (χ4v) is 1.42. The van der Waals surface area contributed by atoms with E-state index in [1.165, 1.54) is 12.5 Å². The highest BCUT2D eigenvalue weighted by atomic mass is 19.3. The lowest BCUT2D eigenvalue weighted by Crippen LogP contribution is -2.18. The van der Waals surface area contributed by atoms with Crippen LogP contribution in [0.2, 0.25) is 0 Å². The molecule has 0 spiro atoms. The number of nitrogens with two attached hydrogens (primary N) is 2. The molecule has 2 aromatic rings. The van der Waals surface area contributed by atoms with Crippen molar-refractivity contribution in [2.24, 2.45) is 11.6 Å². The summed E-state index contributed by atoms with van der Waals surface area (Å²) in [5.41, 5.74) is 8.83. The highest BCUT2D eigenvalue weighted by Gasteiger charge is 2.13. The molecule has 8 nitrogen and oxygen atoms in total. The molecule has 0 fully saturated rings. The SMILES string of the molecule is NN/C=C(\N)c1nc(NCC(F)F)c2nc[nH]c2n1. The predicted molar refractivity (Wildman–Crippen MR) is 65.7 cm³/mol.